The Bertz CT molecular complexity index is 841. The molecule has 1 amide bonds. The number of carbonyl (C=O) groups is 1. The summed E-state index contributed by atoms with van der Waals surface area (Å²) >= 11 is 5.19. The van der Waals surface area contributed by atoms with Crippen molar-refractivity contribution in [2.24, 2.45) is 0 Å². The SMILES string of the molecule is CC(Sc1ccccc1)C(=O)N1CCc2sccc2C1c1cccs1. The summed E-state index contributed by atoms with van der Waals surface area (Å²) in [6.07, 6.45) is 0.962. The lowest BCUT2D eigenvalue weighted by atomic mass is 9.98. The first-order valence-corrected chi connectivity index (χ1v) is 11.0. The molecule has 3 heterocycles. The Morgan fingerprint density at radius 1 is 1.12 bits per heavy atom. The predicted molar refractivity (Wildman–Crippen MR) is 108 cm³/mol. The maximum absolute atomic E-state index is 13.3. The monoisotopic (exact) mass is 385 g/mol. The second-order valence-corrected chi connectivity index (χ2v) is 9.47. The molecular formula is C20H19NOS3. The molecule has 2 aromatic heterocycles. The third-order valence-corrected chi connectivity index (χ3v) is 7.49. The molecule has 0 spiro atoms. The van der Waals surface area contributed by atoms with Crippen LogP contribution in [-0.2, 0) is 11.2 Å². The summed E-state index contributed by atoms with van der Waals surface area (Å²) in [4.78, 5) is 19.2. The first-order valence-electron chi connectivity index (χ1n) is 8.36. The van der Waals surface area contributed by atoms with Crippen molar-refractivity contribution in [3.63, 3.8) is 0 Å². The molecule has 5 heteroatoms. The molecule has 0 radical (unpaired) electrons. The van der Waals surface area contributed by atoms with Crippen LogP contribution in [0.4, 0.5) is 0 Å². The van der Waals surface area contributed by atoms with Gasteiger partial charge in [0, 0.05) is 21.2 Å². The van der Waals surface area contributed by atoms with E-state index in [2.05, 4.69) is 46.0 Å². The van der Waals surface area contributed by atoms with E-state index in [-0.39, 0.29) is 17.2 Å². The van der Waals surface area contributed by atoms with Gasteiger partial charge in [-0.15, -0.1) is 34.4 Å². The zero-order chi connectivity index (χ0) is 17.2. The molecule has 1 aromatic carbocycles. The van der Waals surface area contributed by atoms with E-state index >= 15 is 0 Å². The Hall–Kier alpha value is -1.56. The van der Waals surface area contributed by atoms with Crippen molar-refractivity contribution in [3.8, 4) is 0 Å². The average Bonchev–Trinajstić information content (AvgIpc) is 3.32. The summed E-state index contributed by atoms with van der Waals surface area (Å²) in [5.74, 6) is 0.226. The Labute approximate surface area is 160 Å². The normalized spacial score (nSPS) is 18.0. The van der Waals surface area contributed by atoms with E-state index in [4.69, 9.17) is 0 Å². The number of benzene rings is 1. The fourth-order valence-electron chi connectivity index (χ4n) is 3.29. The summed E-state index contributed by atoms with van der Waals surface area (Å²) < 4.78 is 0. The van der Waals surface area contributed by atoms with Gasteiger partial charge in [0.2, 0.25) is 5.91 Å². The fourth-order valence-corrected chi connectivity index (χ4v) is 6.01. The number of hydrogen-bond donors (Lipinski definition) is 0. The van der Waals surface area contributed by atoms with Crippen molar-refractivity contribution in [1.29, 1.82) is 0 Å². The molecule has 128 valence electrons. The summed E-state index contributed by atoms with van der Waals surface area (Å²) in [6, 6.07) is 16.7. The minimum absolute atomic E-state index is 0.0707. The van der Waals surface area contributed by atoms with Crippen LogP contribution in [0, 0.1) is 0 Å². The summed E-state index contributed by atoms with van der Waals surface area (Å²) in [6.45, 7) is 2.82. The van der Waals surface area contributed by atoms with Crippen LogP contribution in [0.1, 0.15) is 28.3 Å². The molecule has 0 saturated heterocycles. The Balaban J connectivity index is 1.61. The molecule has 1 aliphatic heterocycles. The molecule has 2 unspecified atom stereocenters. The molecule has 3 aromatic rings. The number of thioether (sulfide) groups is 1. The van der Waals surface area contributed by atoms with Gasteiger partial charge in [-0.2, -0.15) is 0 Å². The van der Waals surface area contributed by atoms with E-state index in [0.717, 1.165) is 17.9 Å². The molecule has 1 aliphatic rings. The smallest absolute Gasteiger partial charge is 0.236 e. The molecule has 0 fully saturated rings. The van der Waals surface area contributed by atoms with Crippen molar-refractivity contribution in [1.82, 2.24) is 4.90 Å². The van der Waals surface area contributed by atoms with Gasteiger partial charge in [0.05, 0.1) is 11.3 Å². The molecule has 4 rings (SSSR count). The number of carbonyl (C=O) groups excluding carboxylic acids is 1. The number of thiophene rings is 2. The molecule has 0 N–H and O–H groups in total. The quantitative estimate of drug-likeness (QED) is 0.556. The van der Waals surface area contributed by atoms with Crippen molar-refractivity contribution in [2.45, 2.75) is 29.5 Å². The first-order chi connectivity index (χ1) is 12.2. The topological polar surface area (TPSA) is 20.3 Å². The summed E-state index contributed by atoms with van der Waals surface area (Å²) in [5, 5.41) is 4.16. The highest BCUT2D eigenvalue weighted by molar-refractivity contribution is 8.00. The van der Waals surface area contributed by atoms with E-state index in [0.29, 0.717) is 0 Å². The van der Waals surface area contributed by atoms with Gasteiger partial charge in [0.15, 0.2) is 0 Å². The standard InChI is InChI=1S/C20H19NOS3/c1-14(25-15-6-3-2-4-7-15)20(22)21-11-9-17-16(10-13-24-17)19(21)18-8-5-12-23-18/h2-8,10,12-14,19H,9,11H2,1H3. The van der Waals surface area contributed by atoms with E-state index in [9.17, 15) is 4.79 Å². The minimum atomic E-state index is -0.0925. The lowest BCUT2D eigenvalue weighted by molar-refractivity contribution is -0.132. The maximum Gasteiger partial charge on any atom is 0.236 e. The molecular weight excluding hydrogens is 366 g/mol. The number of hydrogen-bond acceptors (Lipinski definition) is 4. The maximum atomic E-state index is 13.3. The van der Waals surface area contributed by atoms with Crippen molar-refractivity contribution in [2.75, 3.05) is 6.54 Å². The van der Waals surface area contributed by atoms with Gasteiger partial charge in [-0.25, -0.2) is 0 Å². The van der Waals surface area contributed by atoms with E-state index < -0.39 is 0 Å². The lowest BCUT2D eigenvalue weighted by Gasteiger charge is -2.37. The summed E-state index contributed by atoms with van der Waals surface area (Å²) in [7, 11) is 0. The van der Waals surface area contributed by atoms with Gasteiger partial charge in [0.25, 0.3) is 0 Å². The second kappa shape index (κ2) is 7.36. The average molecular weight is 386 g/mol. The number of nitrogens with zero attached hydrogens (tertiary/aromatic N) is 1. The molecule has 0 bridgehead atoms. The van der Waals surface area contributed by atoms with Crippen LogP contribution >= 0.6 is 34.4 Å². The largest absolute Gasteiger partial charge is 0.329 e. The van der Waals surface area contributed by atoms with E-state index in [1.807, 2.05) is 36.5 Å². The predicted octanol–water partition coefficient (Wildman–Crippen LogP) is 5.46. The Morgan fingerprint density at radius 3 is 2.72 bits per heavy atom. The van der Waals surface area contributed by atoms with Gasteiger partial charge >= 0.3 is 0 Å². The van der Waals surface area contributed by atoms with Crippen LogP contribution < -0.4 is 0 Å². The van der Waals surface area contributed by atoms with Crippen molar-refractivity contribution < 1.29 is 4.79 Å². The minimum Gasteiger partial charge on any atom is -0.329 e. The second-order valence-electron chi connectivity index (χ2n) is 6.07. The number of fused-ring (bicyclic) bond motifs is 1. The number of amides is 1. The van der Waals surface area contributed by atoms with Gasteiger partial charge in [-0.1, -0.05) is 24.3 Å². The van der Waals surface area contributed by atoms with Crippen LogP contribution in [0.25, 0.3) is 0 Å². The Kier molecular flexibility index (Phi) is 4.97. The molecule has 2 atom stereocenters. The highest BCUT2D eigenvalue weighted by Crippen LogP contribution is 2.40. The zero-order valence-electron chi connectivity index (χ0n) is 13.9. The van der Waals surface area contributed by atoms with Gasteiger partial charge in [0.1, 0.15) is 0 Å². The van der Waals surface area contributed by atoms with Crippen molar-refractivity contribution >= 4 is 40.3 Å². The Morgan fingerprint density at radius 2 is 1.96 bits per heavy atom. The highest BCUT2D eigenvalue weighted by atomic mass is 32.2. The van der Waals surface area contributed by atoms with Crippen molar-refractivity contribution in [3.05, 3.63) is 74.6 Å². The molecule has 0 saturated carbocycles. The fraction of sp³-hybridized carbons (Fsp3) is 0.250. The van der Waals surface area contributed by atoms with Crippen LogP contribution in [-0.4, -0.2) is 22.6 Å². The van der Waals surface area contributed by atoms with Gasteiger partial charge < -0.3 is 4.90 Å². The number of rotatable bonds is 4. The third kappa shape index (κ3) is 3.41. The highest BCUT2D eigenvalue weighted by Gasteiger charge is 2.35. The van der Waals surface area contributed by atoms with Gasteiger partial charge in [-0.3, -0.25) is 4.79 Å². The lowest BCUT2D eigenvalue weighted by Crippen LogP contribution is -2.43. The zero-order valence-corrected chi connectivity index (χ0v) is 16.4. The van der Waals surface area contributed by atoms with Crippen LogP contribution in [0.5, 0.6) is 0 Å². The third-order valence-electron chi connectivity index (χ3n) is 4.47. The van der Waals surface area contributed by atoms with E-state index in [1.165, 1.54) is 15.3 Å². The summed E-state index contributed by atoms with van der Waals surface area (Å²) in [5.41, 5.74) is 1.31. The molecule has 0 aliphatic carbocycles. The van der Waals surface area contributed by atoms with Crippen LogP contribution in [0.15, 0.2) is 64.2 Å². The van der Waals surface area contributed by atoms with E-state index in [1.54, 1.807) is 23.1 Å². The molecule has 2 nitrogen and oxygen atoms in total. The van der Waals surface area contributed by atoms with Gasteiger partial charge in [-0.05, 0) is 53.9 Å². The van der Waals surface area contributed by atoms with Crippen LogP contribution in [0.2, 0.25) is 0 Å². The first kappa shape index (κ1) is 16.9. The van der Waals surface area contributed by atoms with Crippen LogP contribution in [0.3, 0.4) is 0 Å². The molecule has 25 heavy (non-hydrogen) atoms.